The maximum absolute atomic E-state index is 10.2. The van der Waals surface area contributed by atoms with Gasteiger partial charge in [0.1, 0.15) is 17.8 Å². The third-order valence-corrected chi connectivity index (χ3v) is 7.90. The quantitative estimate of drug-likeness (QED) is 0.196. The number of nitrogens with one attached hydrogen (secondary N) is 2. The van der Waals surface area contributed by atoms with Crippen molar-refractivity contribution < 1.29 is 0 Å². The number of nitrogens with zero attached hydrogens (tertiary/aromatic N) is 8. The standard InChI is InChI=1S/C34H26N10/c35-15-7-12-29(23-8-3-1-4-9-23)41-32-26(19-37)20-39-31-25(18-36)16-27(17-28(31)32)40-33(24-10-5-2-6-11-24)30-21-44(43-42-30)34(22-38)13-14-34/h1-6,8-11,16-17,20-21,29,33,40H,7,12-14H2,(H,39,41)/t29-,33+/m1/s1. The smallest absolute Gasteiger partial charge is 0.150 e. The van der Waals surface area contributed by atoms with Gasteiger partial charge in [0, 0.05) is 23.7 Å². The van der Waals surface area contributed by atoms with Crippen LogP contribution in [0.3, 0.4) is 0 Å². The number of fused-ring (bicyclic) bond motifs is 1. The van der Waals surface area contributed by atoms with Crippen LogP contribution in [0.15, 0.2) is 85.2 Å². The number of benzene rings is 3. The van der Waals surface area contributed by atoms with E-state index in [0.29, 0.717) is 51.9 Å². The lowest BCUT2D eigenvalue weighted by Crippen LogP contribution is -2.16. The van der Waals surface area contributed by atoms with Crippen molar-refractivity contribution in [2.24, 2.45) is 0 Å². The Bertz CT molecular complexity index is 1980. The molecule has 2 N–H and O–H groups in total. The van der Waals surface area contributed by atoms with Gasteiger partial charge in [-0.3, -0.25) is 4.98 Å². The summed E-state index contributed by atoms with van der Waals surface area (Å²) in [6, 6.07) is 31.5. The van der Waals surface area contributed by atoms with Crippen molar-refractivity contribution in [2.75, 3.05) is 10.6 Å². The molecular weight excluding hydrogens is 548 g/mol. The van der Waals surface area contributed by atoms with E-state index in [0.717, 1.165) is 24.0 Å². The molecule has 6 rings (SSSR count). The van der Waals surface area contributed by atoms with Gasteiger partial charge in [-0.15, -0.1) is 5.10 Å². The Balaban J connectivity index is 1.45. The van der Waals surface area contributed by atoms with E-state index in [9.17, 15) is 21.0 Å². The maximum Gasteiger partial charge on any atom is 0.150 e. The normalized spacial score (nSPS) is 14.3. The summed E-state index contributed by atoms with van der Waals surface area (Å²) in [5.74, 6) is 0. The van der Waals surface area contributed by atoms with Gasteiger partial charge in [0.15, 0.2) is 5.54 Å². The first-order valence-corrected chi connectivity index (χ1v) is 14.2. The largest absolute Gasteiger partial charge is 0.377 e. The van der Waals surface area contributed by atoms with Gasteiger partial charge in [0.25, 0.3) is 0 Å². The minimum Gasteiger partial charge on any atom is -0.377 e. The highest BCUT2D eigenvalue weighted by Crippen LogP contribution is 2.42. The van der Waals surface area contributed by atoms with Crippen LogP contribution in [-0.4, -0.2) is 20.0 Å². The molecular formula is C34H26N10. The molecule has 2 heterocycles. The molecule has 2 aromatic heterocycles. The molecule has 1 fully saturated rings. The van der Waals surface area contributed by atoms with Crippen LogP contribution in [0.2, 0.25) is 0 Å². The summed E-state index contributed by atoms with van der Waals surface area (Å²) in [6.07, 6.45) is 5.57. The fourth-order valence-electron chi connectivity index (χ4n) is 5.37. The third kappa shape index (κ3) is 5.37. The van der Waals surface area contributed by atoms with Gasteiger partial charge >= 0.3 is 0 Å². The number of anilines is 2. The molecule has 0 aliphatic heterocycles. The first-order valence-electron chi connectivity index (χ1n) is 14.2. The van der Waals surface area contributed by atoms with Gasteiger partial charge in [-0.1, -0.05) is 65.9 Å². The first-order chi connectivity index (χ1) is 21.6. The van der Waals surface area contributed by atoms with Crippen LogP contribution in [0.5, 0.6) is 0 Å². The molecule has 1 aliphatic carbocycles. The van der Waals surface area contributed by atoms with Gasteiger partial charge in [0.05, 0.1) is 52.7 Å². The first kappa shape index (κ1) is 27.9. The summed E-state index contributed by atoms with van der Waals surface area (Å²) in [5, 5.41) is 55.6. The molecule has 0 amide bonds. The Kier molecular flexibility index (Phi) is 7.58. The number of hydrogen-bond donors (Lipinski definition) is 2. The van der Waals surface area contributed by atoms with Crippen molar-refractivity contribution in [3.63, 3.8) is 0 Å². The van der Waals surface area contributed by atoms with Crippen LogP contribution in [0.4, 0.5) is 11.4 Å². The lowest BCUT2D eigenvalue weighted by Gasteiger charge is -2.23. The highest BCUT2D eigenvalue weighted by molar-refractivity contribution is 5.99. The molecule has 0 unspecified atom stereocenters. The summed E-state index contributed by atoms with van der Waals surface area (Å²) >= 11 is 0. The van der Waals surface area contributed by atoms with E-state index in [1.54, 1.807) is 16.9 Å². The maximum atomic E-state index is 10.2. The zero-order chi connectivity index (χ0) is 30.5. The fraction of sp³-hybridized carbons (Fsp3) is 0.206. The molecule has 10 nitrogen and oxygen atoms in total. The zero-order valence-electron chi connectivity index (χ0n) is 23.6. The van der Waals surface area contributed by atoms with E-state index in [1.807, 2.05) is 66.7 Å². The second-order valence-corrected chi connectivity index (χ2v) is 10.7. The van der Waals surface area contributed by atoms with Crippen LogP contribution < -0.4 is 10.6 Å². The lowest BCUT2D eigenvalue weighted by molar-refractivity contribution is 0.516. The van der Waals surface area contributed by atoms with Gasteiger partial charge in [-0.05, 0) is 42.5 Å². The Hall–Kier alpha value is -6.23. The van der Waals surface area contributed by atoms with Gasteiger partial charge in [-0.2, -0.15) is 21.0 Å². The van der Waals surface area contributed by atoms with Gasteiger partial charge in [0.2, 0.25) is 0 Å². The molecule has 0 saturated heterocycles. The molecule has 10 heteroatoms. The molecule has 212 valence electrons. The molecule has 3 aromatic carbocycles. The highest BCUT2D eigenvalue weighted by atomic mass is 15.5. The molecule has 0 radical (unpaired) electrons. The number of rotatable bonds is 10. The molecule has 5 aromatic rings. The van der Waals surface area contributed by atoms with Crippen molar-refractivity contribution >= 4 is 22.3 Å². The van der Waals surface area contributed by atoms with Crippen molar-refractivity contribution in [1.82, 2.24) is 20.0 Å². The minimum atomic E-state index is -0.649. The second-order valence-electron chi connectivity index (χ2n) is 10.7. The molecule has 1 saturated carbocycles. The highest BCUT2D eigenvalue weighted by Gasteiger charge is 2.46. The molecule has 0 spiro atoms. The lowest BCUT2D eigenvalue weighted by atomic mass is 9.99. The van der Waals surface area contributed by atoms with Crippen LogP contribution in [0.1, 0.15) is 65.7 Å². The van der Waals surface area contributed by atoms with Gasteiger partial charge in [-0.25, -0.2) is 4.68 Å². The van der Waals surface area contributed by atoms with Gasteiger partial charge < -0.3 is 10.6 Å². The second kappa shape index (κ2) is 11.9. The Labute approximate surface area is 254 Å². The molecule has 2 atom stereocenters. The van der Waals surface area contributed by atoms with Crippen LogP contribution >= 0.6 is 0 Å². The van der Waals surface area contributed by atoms with Crippen molar-refractivity contribution in [3.05, 3.63) is 113 Å². The molecule has 1 aliphatic rings. The van der Waals surface area contributed by atoms with E-state index in [4.69, 9.17) is 0 Å². The van der Waals surface area contributed by atoms with E-state index in [1.165, 1.54) is 6.20 Å². The molecule has 0 bridgehead atoms. The Morgan fingerprint density at radius 1 is 0.864 bits per heavy atom. The fourth-order valence-corrected chi connectivity index (χ4v) is 5.37. The average Bonchev–Trinajstić information content (AvgIpc) is 3.73. The van der Waals surface area contributed by atoms with E-state index in [-0.39, 0.29) is 6.04 Å². The summed E-state index contributed by atoms with van der Waals surface area (Å²) in [4.78, 5) is 4.49. The predicted molar refractivity (Wildman–Crippen MR) is 164 cm³/mol. The number of aromatic nitrogens is 4. The summed E-state index contributed by atoms with van der Waals surface area (Å²) in [5.41, 5.74) is 4.14. The number of nitriles is 4. The van der Waals surface area contributed by atoms with Crippen molar-refractivity contribution in [2.45, 2.75) is 43.3 Å². The van der Waals surface area contributed by atoms with Crippen LogP contribution in [-0.2, 0) is 5.54 Å². The number of hydrogen-bond acceptors (Lipinski definition) is 9. The minimum absolute atomic E-state index is 0.252. The average molecular weight is 575 g/mol. The van der Waals surface area contributed by atoms with Crippen LogP contribution in [0.25, 0.3) is 10.9 Å². The topological polar surface area (TPSA) is 163 Å². The predicted octanol–water partition coefficient (Wildman–Crippen LogP) is 6.24. The Morgan fingerprint density at radius 3 is 2.20 bits per heavy atom. The van der Waals surface area contributed by atoms with E-state index in [2.05, 4.69) is 50.2 Å². The van der Waals surface area contributed by atoms with Crippen molar-refractivity contribution in [3.8, 4) is 24.3 Å². The summed E-state index contributed by atoms with van der Waals surface area (Å²) in [6.45, 7) is 0. The summed E-state index contributed by atoms with van der Waals surface area (Å²) in [7, 11) is 0. The van der Waals surface area contributed by atoms with E-state index < -0.39 is 11.6 Å². The monoisotopic (exact) mass is 574 g/mol. The van der Waals surface area contributed by atoms with Crippen molar-refractivity contribution in [1.29, 1.82) is 21.0 Å². The number of pyridine rings is 1. The SMILES string of the molecule is N#CCC[C@@H](Nc1c(C#N)cnc2c(C#N)cc(N[C@@H](c3ccccc3)c3cn(C4(C#N)CC4)nn3)cc12)c1ccccc1. The molecule has 44 heavy (non-hydrogen) atoms. The Morgan fingerprint density at radius 2 is 1.57 bits per heavy atom. The van der Waals surface area contributed by atoms with E-state index >= 15 is 0 Å². The third-order valence-electron chi connectivity index (χ3n) is 7.90. The zero-order valence-corrected chi connectivity index (χ0v) is 23.6. The summed E-state index contributed by atoms with van der Waals surface area (Å²) < 4.78 is 1.64. The van der Waals surface area contributed by atoms with Crippen LogP contribution in [0, 0.1) is 45.3 Å².